The van der Waals surface area contributed by atoms with Crippen LogP contribution in [0, 0.1) is 0 Å². The SMILES string of the molecule is Cn1ccc2cccc(CN3CCC4(CC3)COc3cc5c(cc34)CN(C3CCC(=O)NC3=O)C5=O)c21. The van der Waals surface area contributed by atoms with E-state index in [0.717, 1.165) is 43.8 Å². The van der Waals surface area contributed by atoms with Gasteiger partial charge in [-0.05, 0) is 67.1 Å². The van der Waals surface area contributed by atoms with Crippen molar-refractivity contribution in [3.8, 4) is 5.75 Å². The van der Waals surface area contributed by atoms with Crippen molar-refractivity contribution < 1.29 is 19.1 Å². The topological polar surface area (TPSA) is 83.9 Å². The predicted molar refractivity (Wildman–Crippen MR) is 137 cm³/mol. The van der Waals surface area contributed by atoms with E-state index in [2.05, 4.69) is 58.4 Å². The van der Waals surface area contributed by atoms with Gasteiger partial charge in [0.1, 0.15) is 11.8 Å². The van der Waals surface area contributed by atoms with Crippen LogP contribution in [0.25, 0.3) is 10.9 Å². The number of fused-ring (bicyclic) bond motifs is 4. The van der Waals surface area contributed by atoms with Crippen molar-refractivity contribution in [3.05, 3.63) is 64.8 Å². The Morgan fingerprint density at radius 3 is 2.76 bits per heavy atom. The molecule has 190 valence electrons. The number of carbonyl (C=O) groups is 3. The summed E-state index contributed by atoms with van der Waals surface area (Å²) >= 11 is 0. The molecule has 7 rings (SSSR count). The standard InChI is InChI=1S/C29H30N4O4/c1-31-10-7-18-3-2-4-19(26(18)31)15-32-11-8-29(9-12-32)17-37-24-14-21-20(13-22(24)29)16-33(28(21)36)23-5-6-25(34)30-27(23)35/h2-4,7,10,13-14,23H,5-6,8-9,11-12,15-17H2,1H3,(H,30,34,35). The monoisotopic (exact) mass is 498 g/mol. The zero-order valence-electron chi connectivity index (χ0n) is 21.0. The summed E-state index contributed by atoms with van der Waals surface area (Å²) in [5.41, 5.74) is 5.40. The smallest absolute Gasteiger partial charge is 0.255 e. The number of imide groups is 1. The highest BCUT2D eigenvalue weighted by molar-refractivity contribution is 6.05. The van der Waals surface area contributed by atoms with Crippen LogP contribution < -0.4 is 10.1 Å². The maximum absolute atomic E-state index is 13.2. The first-order valence-corrected chi connectivity index (χ1v) is 13.1. The molecule has 0 bridgehead atoms. The molecule has 1 aromatic heterocycles. The quantitative estimate of drug-likeness (QED) is 0.562. The van der Waals surface area contributed by atoms with Crippen LogP contribution in [0.1, 0.15) is 52.7 Å². The molecule has 3 aromatic rings. The molecule has 0 saturated carbocycles. The third-order valence-electron chi connectivity index (χ3n) is 8.89. The second-order valence-corrected chi connectivity index (χ2v) is 11.0. The highest BCUT2D eigenvalue weighted by atomic mass is 16.5. The van der Waals surface area contributed by atoms with Crippen molar-refractivity contribution in [2.75, 3.05) is 19.7 Å². The number of hydrogen-bond acceptors (Lipinski definition) is 5. The number of hydrogen-bond donors (Lipinski definition) is 1. The minimum Gasteiger partial charge on any atom is -0.492 e. The lowest BCUT2D eigenvalue weighted by Gasteiger charge is -2.38. The molecule has 1 spiro atoms. The molecule has 2 saturated heterocycles. The third kappa shape index (κ3) is 3.49. The van der Waals surface area contributed by atoms with Gasteiger partial charge in [-0.25, -0.2) is 0 Å². The van der Waals surface area contributed by atoms with Crippen LogP contribution in [-0.4, -0.2) is 57.8 Å². The van der Waals surface area contributed by atoms with Gasteiger partial charge in [0.05, 0.1) is 12.1 Å². The van der Waals surface area contributed by atoms with Gasteiger partial charge in [-0.15, -0.1) is 0 Å². The summed E-state index contributed by atoms with van der Waals surface area (Å²) in [6.07, 6.45) is 4.77. The zero-order valence-corrected chi connectivity index (χ0v) is 21.0. The van der Waals surface area contributed by atoms with E-state index in [1.54, 1.807) is 4.90 Å². The molecule has 3 amide bonds. The van der Waals surface area contributed by atoms with E-state index in [9.17, 15) is 14.4 Å². The van der Waals surface area contributed by atoms with Crippen LogP contribution >= 0.6 is 0 Å². The predicted octanol–water partition coefficient (Wildman–Crippen LogP) is 2.87. The molecular formula is C29H30N4O4. The molecule has 1 N–H and O–H groups in total. The molecule has 4 aliphatic rings. The number of piperidine rings is 2. The number of rotatable bonds is 3. The lowest BCUT2D eigenvalue weighted by molar-refractivity contribution is -0.136. The van der Waals surface area contributed by atoms with Crippen LogP contribution in [0.5, 0.6) is 5.75 Å². The molecule has 8 nitrogen and oxygen atoms in total. The number of benzene rings is 2. The van der Waals surface area contributed by atoms with Gasteiger partial charge in [0.2, 0.25) is 11.8 Å². The summed E-state index contributed by atoms with van der Waals surface area (Å²) in [5, 5.41) is 3.65. The molecular weight excluding hydrogens is 468 g/mol. The molecule has 1 unspecified atom stereocenters. The highest BCUT2D eigenvalue weighted by Crippen LogP contribution is 2.48. The molecule has 2 fully saturated rings. The van der Waals surface area contributed by atoms with Gasteiger partial charge in [-0.1, -0.05) is 18.2 Å². The average molecular weight is 499 g/mol. The molecule has 0 radical (unpaired) electrons. The van der Waals surface area contributed by atoms with Gasteiger partial charge < -0.3 is 14.2 Å². The van der Waals surface area contributed by atoms with Gasteiger partial charge in [-0.2, -0.15) is 0 Å². The Morgan fingerprint density at radius 1 is 1.11 bits per heavy atom. The lowest BCUT2D eigenvalue weighted by atomic mass is 9.74. The summed E-state index contributed by atoms with van der Waals surface area (Å²) < 4.78 is 8.39. The lowest BCUT2D eigenvalue weighted by Crippen LogP contribution is -2.52. The number of para-hydroxylation sites is 1. The summed E-state index contributed by atoms with van der Waals surface area (Å²) in [7, 11) is 2.11. The van der Waals surface area contributed by atoms with Crippen molar-refractivity contribution in [2.45, 2.75) is 50.2 Å². The highest BCUT2D eigenvalue weighted by Gasteiger charge is 2.46. The van der Waals surface area contributed by atoms with Gasteiger partial charge in [0, 0.05) is 49.3 Å². The Hall–Kier alpha value is -3.65. The third-order valence-corrected chi connectivity index (χ3v) is 8.89. The average Bonchev–Trinajstić information content (AvgIpc) is 3.54. The van der Waals surface area contributed by atoms with E-state index in [4.69, 9.17) is 4.74 Å². The van der Waals surface area contributed by atoms with E-state index >= 15 is 0 Å². The second-order valence-electron chi connectivity index (χ2n) is 11.0. The fourth-order valence-electron chi connectivity index (χ4n) is 6.79. The Kier molecular flexibility index (Phi) is 4.98. The molecule has 8 heteroatoms. The minimum atomic E-state index is -0.598. The largest absolute Gasteiger partial charge is 0.492 e. The van der Waals surface area contributed by atoms with Crippen LogP contribution in [-0.2, 0) is 35.1 Å². The van der Waals surface area contributed by atoms with E-state index in [-0.39, 0.29) is 29.6 Å². The van der Waals surface area contributed by atoms with Crippen molar-refractivity contribution in [1.29, 1.82) is 0 Å². The van der Waals surface area contributed by atoms with E-state index < -0.39 is 6.04 Å². The Morgan fingerprint density at radius 2 is 1.95 bits per heavy atom. The first-order valence-electron chi connectivity index (χ1n) is 13.1. The van der Waals surface area contributed by atoms with Crippen LogP contribution in [0.3, 0.4) is 0 Å². The maximum Gasteiger partial charge on any atom is 0.255 e. The number of likely N-dealkylation sites (tertiary alicyclic amines) is 1. The zero-order chi connectivity index (χ0) is 25.3. The number of aromatic nitrogens is 1. The Labute approximate surface area is 215 Å². The number of ether oxygens (including phenoxy) is 1. The van der Waals surface area contributed by atoms with Crippen LogP contribution in [0.15, 0.2) is 42.6 Å². The number of nitrogens with zero attached hydrogens (tertiary/aromatic N) is 3. The number of aryl methyl sites for hydroxylation is 1. The fraction of sp³-hybridized carbons (Fsp3) is 0.414. The minimum absolute atomic E-state index is 0.0387. The molecule has 37 heavy (non-hydrogen) atoms. The van der Waals surface area contributed by atoms with Gasteiger partial charge in [0.25, 0.3) is 5.91 Å². The summed E-state index contributed by atoms with van der Waals surface area (Å²) in [6, 6.07) is 12.2. The summed E-state index contributed by atoms with van der Waals surface area (Å²) in [5.74, 6) is 0.00301. The Balaban J connectivity index is 1.09. The van der Waals surface area contributed by atoms with Crippen molar-refractivity contribution in [1.82, 2.24) is 19.7 Å². The molecule has 5 heterocycles. The summed E-state index contributed by atoms with van der Waals surface area (Å²) in [4.78, 5) is 41.3. The van der Waals surface area contributed by atoms with Gasteiger partial charge >= 0.3 is 0 Å². The molecule has 2 aromatic carbocycles. The first kappa shape index (κ1) is 22.5. The first-order chi connectivity index (χ1) is 17.9. The van der Waals surface area contributed by atoms with E-state index in [0.29, 0.717) is 25.1 Å². The molecule has 0 aliphatic carbocycles. The van der Waals surface area contributed by atoms with Gasteiger partial charge in [0.15, 0.2) is 0 Å². The molecule has 1 atom stereocenters. The Bertz CT molecular complexity index is 1470. The normalized spacial score (nSPS) is 22.9. The fourth-order valence-corrected chi connectivity index (χ4v) is 6.79. The van der Waals surface area contributed by atoms with E-state index in [1.807, 2.05) is 6.07 Å². The van der Waals surface area contributed by atoms with E-state index in [1.165, 1.54) is 22.0 Å². The molecule has 4 aliphatic heterocycles. The number of amides is 3. The number of carbonyl (C=O) groups excluding carboxylic acids is 3. The summed E-state index contributed by atoms with van der Waals surface area (Å²) in [6.45, 7) is 3.96. The van der Waals surface area contributed by atoms with Crippen molar-refractivity contribution in [3.63, 3.8) is 0 Å². The van der Waals surface area contributed by atoms with Crippen LogP contribution in [0.4, 0.5) is 0 Å². The second kappa shape index (κ2) is 8.18. The maximum atomic E-state index is 13.2. The van der Waals surface area contributed by atoms with Crippen molar-refractivity contribution in [2.24, 2.45) is 7.05 Å². The number of nitrogens with one attached hydrogen (secondary N) is 1. The van der Waals surface area contributed by atoms with Crippen molar-refractivity contribution >= 4 is 28.6 Å². The van der Waals surface area contributed by atoms with Crippen LogP contribution in [0.2, 0.25) is 0 Å². The van der Waals surface area contributed by atoms with Gasteiger partial charge in [-0.3, -0.25) is 24.6 Å².